The van der Waals surface area contributed by atoms with Crippen LogP contribution in [0.3, 0.4) is 0 Å². The number of anilines is 1. The van der Waals surface area contributed by atoms with E-state index in [0.29, 0.717) is 43.7 Å². The van der Waals surface area contributed by atoms with E-state index >= 15 is 0 Å². The summed E-state index contributed by atoms with van der Waals surface area (Å²) in [5.74, 6) is 0.183. The van der Waals surface area contributed by atoms with Crippen LogP contribution in [0.4, 0.5) is 5.69 Å². The topological polar surface area (TPSA) is 146 Å². The average molecular weight is 563 g/mol. The minimum absolute atomic E-state index is 0.0923. The molecule has 0 spiro atoms. The van der Waals surface area contributed by atoms with Crippen LogP contribution in [-0.4, -0.2) is 59.5 Å². The summed E-state index contributed by atoms with van der Waals surface area (Å²) in [5.41, 5.74) is 0.388. The maximum absolute atomic E-state index is 12.9. The number of H-pyrrole nitrogens is 1. The second-order valence-electron chi connectivity index (χ2n) is 9.66. The van der Waals surface area contributed by atoms with Gasteiger partial charge < -0.3 is 10.2 Å². The molecule has 3 aromatic carbocycles. The van der Waals surface area contributed by atoms with Gasteiger partial charge in [-0.1, -0.05) is 30.3 Å². The summed E-state index contributed by atoms with van der Waals surface area (Å²) in [4.78, 5) is 39.0. The predicted octanol–water partition coefficient (Wildman–Crippen LogP) is 2.68. The van der Waals surface area contributed by atoms with Gasteiger partial charge in [0.1, 0.15) is 5.82 Å². The van der Waals surface area contributed by atoms with Crippen LogP contribution in [0, 0.1) is 0 Å². The minimum Gasteiger partial charge on any atom is -0.343 e. The van der Waals surface area contributed by atoms with Gasteiger partial charge in [0.25, 0.3) is 15.9 Å². The summed E-state index contributed by atoms with van der Waals surface area (Å²) in [5, 5.41) is 11.0. The summed E-state index contributed by atoms with van der Waals surface area (Å²) < 4.78 is 29.9. The van der Waals surface area contributed by atoms with Crippen molar-refractivity contribution in [2.24, 2.45) is 0 Å². The molecule has 1 fully saturated rings. The first-order chi connectivity index (χ1) is 19.2. The number of aromatic nitrogens is 3. The smallest absolute Gasteiger partial charge is 0.343 e. The Labute approximate surface area is 231 Å². The third kappa shape index (κ3) is 5.76. The van der Waals surface area contributed by atoms with Crippen LogP contribution < -0.4 is 15.7 Å². The van der Waals surface area contributed by atoms with Gasteiger partial charge in [-0.15, -0.1) is 0 Å². The normalized spacial score (nSPS) is 14.3. The van der Waals surface area contributed by atoms with E-state index in [-0.39, 0.29) is 29.0 Å². The van der Waals surface area contributed by atoms with Crippen LogP contribution in [0.1, 0.15) is 41.9 Å². The SMILES string of the molecule is CCn1c(C2CCN(C(=O)CNC(=O)c3ccc(NS(=O)(=O)c4ccc5ccccc5c4)cc3)CC2)n[nH]c1=O. The lowest BCUT2D eigenvalue weighted by molar-refractivity contribution is -0.131. The third-order valence-corrected chi connectivity index (χ3v) is 8.53. The zero-order valence-electron chi connectivity index (χ0n) is 22.0. The van der Waals surface area contributed by atoms with Gasteiger partial charge in [-0.3, -0.25) is 18.9 Å². The second-order valence-corrected chi connectivity index (χ2v) is 11.3. The number of aromatic amines is 1. The van der Waals surface area contributed by atoms with Crippen molar-refractivity contribution in [2.45, 2.75) is 37.1 Å². The molecule has 208 valence electrons. The Morgan fingerprint density at radius 2 is 1.70 bits per heavy atom. The van der Waals surface area contributed by atoms with E-state index in [1.165, 1.54) is 24.3 Å². The number of nitrogens with zero attached hydrogens (tertiary/aromatic N) is 3. The van der Waals surface area contributed by atoms with Gasteiger partial charge in [0.15, 0.2) is 0 Å². The molecule has 1 saturated heterocycles. The monoisotopic (exact) mass is 562 g/mol. The Kier molecular flexibility index (Phi) is 7.69. The van der Waals surface area contributed by atoms with Crippen LogP contribution in [0.15, 0.2) is 76.4 Å². The van der Waals surface area contributed by atoms with Gasteiger partial charge in [0.05, 0.1) is 11.4 Å². The number of rotatable bonds is 8. The number of hydrogen-bond donors (Lipinski definition) is 3. The van der Waals surface area contributed by atoms with Crippen LogP contribution in [0.25, 0.3) is 10.8 Å². The number of benzene rings is 3. The molecule has 1 aromatic heterocycles. The van der Waals surface area contributed by atoms with Gasteiger partial charge in [0.2, 0.25) is 5.91 Å². The lowest BCUT2D eigenvalue weighted by atomic mass is 9.96. The highest BCUT2D eigenvalue weighted by molar-refractivity contribution is 7.92. The van der Waals surface area contributed by atoms with Crippen molar-refractivity contribution in [3.63, 3.8) is 0 Å². The molecule has 0 unspecified atom stereocenters. The summed E-state index contributed by atoms with van der Waals surface area (Å²) in [6, 6.07) is 18.4. The van der Waals surface area contributed by atoms with Gasteiger partial charge in [0, 0.05) is 36.8 Å². The molecule has 2 amide bonds. The summed E-state index contributed by atoms with van der Waals surface area (Å²) in [6.07, 6.45) is 1.36. The Morgan fingerprint density at radius 3 is 2.40 bits per heavy atom. The number of piperidine rings is 1. The van der Waals surface area contributed by atoms with Crippen LogP contribution in [-0.2, 0) is 21.4 Å². The molecule has 1 aliphatic rings. The van der Waals surface area contributed by atoms with Gasteiger partial charge in [-0.2, -0.15) is 5.10 Å². The number of carbonyl (C=O) groups is 2. The number of carbonyl (C=O) groups excluding carboxylic acids is 2. The van der Waals surface area contributed by atoms with E-state index in [9.17, 15) is 22.8 Å². The van der Waals surface area contributed by atoms with E-state index in [2.05, 4.69) is 20.2 Å². The van der Waals surface area contributed by atoms with Crippen LogP contribution >= 0.6 is 0 Å². The number of likely N-dealkylation sites (tertiary alicyclic amines) is 1. The van der Waals surface area contributed by atoms with Crippen molar-refractivity contribution >= 4 is 38.3 Å². The van der Waals surface area contributed by atoms with Gasteiger partial charge in [-0.25, -0.2) is 18.3 Å². The lowest BCUT2D eigenvalue weighted by Crippen LogP contribution is -2.44. The fourth-order valence-electron chi connectivity index (χ4n) is 4.94. The summed E-state index contributed by atoms with van der Waals surface area (Å²) in [6.45, 7) is 3.29. The number of fused-ring (bicyclic) bond motifs is 1. The average Bonchev–Trinajstić information content (AvgIpc) is 3.35. The zero-order chi connectivity index (χ0) is 28.3. The van der Waals surface area contributed by atoms with Crippen molar-refractivity contribution < 1.29 is 18.0 Å². The molecule has 0 radical (unpaired) electrons. The van der Waals surface area contributed by atoms with E-state index < -0.39 is 15.9 Å². The van der Waals surface area contributed by atoms with Crippen molar-refractivity contribution in [1.29, 1.82) is 0 Å². The molecule has 0 aliphatic carbocycles. The van der Waals surface area contributed by atoms with Crippen molar-refractivity contribution in [3.05, 3.63) is 88.6 Å². The van der Waals surface area contributed by atoms with Crippen molar-refractivity contribution in [2.75, 3.05) is 24.4 Å². The Balaban J connectivity index is 1.13. The molecule has 5 rings (SSSR count). The van der Waals surface area contributed by atoms with Gasteiger partial charge in [-0.05, 0) is 66.9 Å². The Bertz CT molecular complexity index is 1700. The molecule has 12 heteroatoms. The number of amides is 2. The summed E-state index contributed by atoms with van der Waals surface area (Å²) >= 11 is 0. The summed E-state index contributed by atoms with van der Waals surface area (Å²) in [7, 11) is -3.82. The fraction of sp³-hybridized carbons (Fsp3) is 0.286. The van der Waals surface area contributed by atoms with E-state index in [4.69, 9.17) is 0 Å². The molecular weight excluding hydrogens is 532 g/mol. The highest BCUT2D eigenvalue weighted by atomic mass is 32.2. The van der Waals surface area contributed by atoms with Crippen molar-refractivity contribution in [3.8, 4) is 0 Å². The fourth-order valence-corrected chi connectivity index (χ4v) is 6.04. The molecule has 11 nitrogen and oxygen atoms in total. The lowest BCUT2D eigenvalue weighted by Gasteiger charge is -2.31. The highest BCUT2D eigenvalue weighted by Crippen LogP contribution is 2.26. The van der Waals surface area contributed by atoms with Crippen LogP contribution in [0.5, 0.6) is 0 Å². The largest absolute Gasteiger partial charge is 0.343 e. The standard InChI is InChI=1S/C28H30N6O5S/c1-2-34-26(30-31-28(34)37)20-13-15-33(16-14-20)25(35)18-29-27(36)21-7-10-23(11-8-21)32-40(38,39)24-12-9-19-5-3-4-6-22(19)17-24/h3-12,17,20,32H,2,13-16,18H2,1H3,(H,29,36)(H,31,37). The van der Waals surface area contributed by atoms with E-state index in [1.807, 2.05) is 31.2 Å². The Hall–Kier alpha value is -4.45. The first-order valence-corrected chi connectivity index (χ1v) is 14.6. The van der Waals surface area contributed by atoms with E-state index in [0.717, 1.165) is 16.6 Å². The van der Waals surface area contributed by atoms with Gasteiger partial charge >= 0.3 is 5.69 Å². The maximum Gasteiger partial charge on any atom is 0.343 e. The third-order valence-electron chi connectivity index (χ3n) is 7.15. The molecular formula is C28H30N6O5S. The molecule has 0 bridgehead atoms. The number of sulfonamides is 1. The predicted molar refractivity (Wildman–Crippen MR) is 151 cm³/mol. The maximum atomic E-state index is 12.9. The molecule has 2 heterocycles. The first kappa shape index (κ1) is 27.1. The molecule has 0 atom stereocenters. The minimum atomic E-state index is -3.82. The molecule has 3 N–H and O–H groups in total. The van der Waals surface area contributed by atoms with Crippen molar-refractivity contribution in [1.82, 2.24) is 25.0 Å². The Morgan fingerprint density at radius 1 is 1.00 bits per heavy atom. The molecule has 1 aliphatic heterocycles. The second kappa shape index (κ2) is 11.3. The molecule has 40 heavy (non-hydrogen) atoms. The first-order valence-electron chi connectivity index (χ1n) is 13.1. The highest BCUT2D eigenvalue weighted by Gasteiger charge is 2.27. The zero-order valence-corrected chi connectivity index (χ0v) is 22.8. The number of nitrogens with one attached hydrogen (secondary N) is 3. The quantitative estimate of drug-likeness (QED) is 0.301. The van der Waals surface area contributed by atoms with Crippen LogP contribution in [0.2, 0.25) is 0 Å². The molecule has 0 saturated carbocycles. The number of hydrogen-bond acceptors (Lipinski definition) is 6. The molecule has 4 aromatic rings. The van der Waals surface area contributed by atoms with E-state index in [1.54, 1.807) is 27.7 Å².